The second kappa shape index (κ2) is 28.9. The Balaban J connectivity index is 0.000000456. The van der Waals surface area contributed by atoms with E-state index in [4.69, 9.17) is 79.1 Å². The maximum absolute atomic E-state index is 12.1. The summed E-state index contributed by atoms with van der Waals surface area (Å²) in [6, 6.07) is 17.2. The van der Waals surface area contributed by atoms with Gasteiger partial charge in [0.25, 0.3) is 0 Å². The lowest BCUT2D eigenvalue weighted by Gasteiger charge is -2.11. The Morgan fingerprint density at radius 3 is 1.00 bits per heavy atom. The molecule has 0 radical (unpaired) electrons. The predicted molar refractivity (Wildman–Crippen MR) is 238 cm³/mol. The number of carbonyl (C=O) groups is 6. The molecule has 12 nitrogen and oxygen atoms in total. The Kier molecular flexibility index (Phi) is 25.9. The molecule has 0 heterocycles. The number of carbonyl (C=O) groups excluding carboxylic acids is 6. The molecule has 0 saturated carbocycles. The van der Waals surface area contributed by atoms with Gasteiger partial charge in [0.1, 0.15) is 19.8 Å². The summed E-state index contributed by atoms with van der Waals surface area (Å²) in [5, 5.41) is 0. The number of hydrogen-bond donors (Lipinski definition) is 0. The zero-order valence-electron chi connectivity index (χ0n) is 32.9. The van der Waals surface area contributed by atoms with E-state index < -0.39 is 48.5 Å². The number of methoxy groups -OCH3 is 1. The van der Waals surface area contributed by atoms with Crippen LogP contribution in [0.3, 0.4) is 0 Å². The molecule has 0 unspecified atom stereocenters. The zero-order valence-corrected chi connectivity index (χ0v) is 38.7. The van der Waals surface area contributed by atoms with E-state index in [2.05, 4.69) is 24.5 Å². The number of hydrogen-bond acceptors (Lipinski definition) is 12. The first-order valence-electron chi connectivity index (χ1n) is 17.9. The van der Waals surface area contributed by atoms with Crippen molar-refractivity contribution in [3.63, 3.8) is 0 Å². The maximum Gasteiger partial charge on any atom is 0.341 e. The lowest BCUT2D eigenvalue weighted by atomic mass is 10.1. The summed E-state index contributed by atoms with van der Waals surface area (Å²) in [6.07, 6.45) is 5.40. The SMILES string of the molecule is C=CCOC(=O)c1ccccc1C(=O)OC.C=CCOC(=O)c1ccccc1C(=O)OCCC[Si](C)(Cl)Cl.C=CCOC(=O)c1ccccc1C(=O)OCCC[Si](Cl)(Cl)Cl. The van der Waals surface area contributed by atoms with Crippen molar-refractivity contribution in [1.29, 1.82) is 0 Å². The number of benzene rings is 3. The van der Waals surface area contributed by atoms with E-state index in [1.807, 2.05) is 6.55 Å². The van der Waals surface area contributed by atoms with Gasteiger partial charge in [0.2, 0.25) is 6.69 Å². The minimum Gasteiger partial charge on any atom is -0.465 e. The van der Waals surface area contributed by atoms with E-state index in [9.17, 15) is 28.8 Å². The molecule has 0 atom stereocenters. The minimum atomic E-state index is -2.71. The van der Waals surface area contributed by atoms with Gasteiger partial charge in [0, 0.05) is 0 Å². The summed E-state index contributed by atoms with van der Waals surface area (Å²) in [6.45, 7) is 10.6. The van der Waals surface area contributed by atoms with Crippen molar-refractivity contribution in [1.82, 2.24) is 0 Å². The molecular weight excluding hydrogens is 918 g/mol. The average molecular weight is 963 g/mol. The Morgan fingerprint density at radius 2 is 0.750 bits per heavy atom. The third-order valence-electron chi connectivity index (χ3n) is 7.11. The molecule has 0 spiro atoms. The first kappa shape index (κ1) is 53.6. The second-order valence-electron chi connectivity index (χ2n) is 12.0. The normalized spacial score (nSPS) is 10.4. The second-order valence-corrected chi connectivity index (χ2v) is 29.5. The highest BCUT2D eigenvalue weighted by Crippen LogP contribution is 2.26. The Morgan fingerprint density at radius 1 is 0.483 bits per heavy atom. The largest absolute Gasteiger partial charge is 0.465 e. The average Bonchev–Trinajstić information content (AvgIpc) is 3.23. The summed E-state index contributed by atoms with van der Waals surface area (Å²) < 4.78 is 29.5. The van der Waals surface area contributed by atoms with Crippen molar-refractivity contribution in [3.8, 4) is 0 Å². The standard InChI is InChI=1S/C15H18Cl2O4Si.C14H15Cl3O4Si.C12H12O4/c1-3-9-20-14(18)12-7-4-5-8-13(12)15(19)21-10-6-11-22(2,16)17;1-2-8-20-13(18)11-6-3-4-7-12(11)14(19)21-9-5-10-22(15,16)17;1-3-8-16-12(14)10-7-5-4-6-9(10)11(13)15-2/h3-5,7-8H,1,6,9-11H2,2H3;2-4,6-7H,1,5,8-10H2;3-7H,1,8H2,2H3. The highest BCUT2D eigenvalue weighted by atomic mass is 35.8. The molecule has 0 aromatic heterocycles. The summed E-state index contributed by atoms with van der Waals surface area (Å²) in [5.74, 6) is -3.52. The zero-order chi connectivity index (χ0) is 45.1. The molecule has 0 aliphatic rings. The van der Waals surface area contributed by atoms with Crippen LogP contribution in [0.2, 0.25) is 18.6 Å². The van der Waals surface area contributed by atoms with Crippen molar-refractivity contribution < 1.29 is 57.2 Å². The summed E-state index contributed by atoms with van der Waals surface area (Å²) in [5.41, 5.74) is 1.01. The fraction of sp³-hybridized carbons (Fsp3) is 0.268. The van der Waals surface area contributed by atoms with E-state index in [1.54, 1.807) is 36.4 Å². The number of ether oxygens (including phenoxy) is 6. The van der Waals surface area contributed by atoms with E-state index in [0.717, 1.165) is 0 Å². The molecule has 324 valence electrons. The molecule has 0 amide bonds. The third-order valence-corrected chi connectivity index (χ3v) is 12.1. The van der Waals surface area contributed by atoms with Crippen LogP contribution in [0.5, 0.6) is 0 Å². The van der Waals surface area contributed by atoms with Crippen LogP contribution < -0.4 is 0 Å². The van der Waals surface area contributed by atoms with Gasteiger partial charge in [-0.25, -0.2) is 28.8 Å². The van der Waals surface area contributed by atoms with Gasteiger partial charge in [-0.1, -0.05) is 74.4 Å². The van der Waals surface area contributed by atoms with Crippen molar-refractivity contribution in [2.24, 2.45) is 0 Å². The number of rotatable bonds is 20. The number of halogens is 5. The van der Waals surface area contributed by atoms with Gasteiger partial charge in [-0.15, -0.1) is 55.4 Å². The number of esters is 6. The molecule has 0 fully saturated rings. The third kappa shape index (κ3) is 21.7. The molecule has 0 N–H and O–H groups in total. The van der Waals surface area contributed by atoms with Crippen molar-refractivity contribution in [2.75, 3.05) is 40.1 Å². The fourth-order valence-corrected chi connectivity index (χ4v) is 7.72. The van der Waals surface area contributed by atoms with Gasteiger partial charge in [-0.3, -0.25) is 0 Å². The molecule has 3 aromatic carbocycles. The van der Waals surface area contributed by atoms with Gasteiger partial charge < -0.3 is 28.4 Å². The van der Waals surface area contributed by atoms with E-state index >= 15 is 0 Å². The summed E-state index contributed by atoms with van der Waals surface area (Å²) >= 11 is 29.2. The molecule has 0 aliphatic heterocycles. The highest BCUT2D eigenvalue weighted by molar-refractivity contribution is 7.64. The van der Waals surface area contributed by atoms with Crippen molar-refractivity contribution in [3.05, 3.63) is 144 Å². The van der Waals surface area contributed by atoms with Gasteiger partial charge in [0.15, 0.2) is 0 Å². The van der Waals surface area contributed by atoms with Gasteiger partial charge >= 0.3 is 41.8 Å². The topological polar surface area (TPSA) is 158 Å². The van der Waals surface area contributed by atoms with Gasteiger partial charge in [-0.05, 0) is 67.9 Å². The molecule has 60 heavy (non-hydrogen) atoms. The first-order valence-corrected chi connectivity index (χ1v) is 27.9. The molecule has 3 aromatic rings. The lowest BCUT2D eigenvalue weighted by molar-refractivity contribution is 0.0474. The summed E-state index contributed by atoms with van der Waals surface area (Å²) in [4.78, 5) is 70.8. The van der Waals surface area contributed by atoms with Crippen LogP contribution in [0.4, 0.5) is 0 Å². The van der Waals surface area contributed by atoms with Gasteiger partial charge in [0.05, 0.1) is 53.7 Å². The van der Waals surface area contributed by atoms with E-state index in [1.165, 1.54) is 61.7 Å². The van der Waals surface area contributed by atoms with Crippen LogP contribution in [-0.2, 0) is 28.4 Å². The Hall–Kier alpha value is -4.42. The van der Waals surface area contributed by atoms with E-state index in [0.29, 0.717) is 24.9 Å². The Labute approximate surface area is 374 Å². The van der Waals surface area contributed by atoms with Crippen molar-refractivity contribution in [2.45, 2.75) is 31.5 Å². The first-order chi connectivity index (χ1) is 28.4. The van der Waals surface area contributed by atoms with Gasteiger partial charge in [-0.2, -0.15) is 0 Å². The molecule has 0 aliphatic carbocycles. The molecule has 0 saturated heterocycles. The molecular formula is C41H45Cl5O12Si2. The van der Waals surface area contributed by atoms with Crippen LogP contribution in [0.15, 0.2) is 111 Å². The predicted octanol–water partition coefficient (Wildman–Crippen LogP) is 10.2. The van der Waals surface area contributed by atoms with E-state index in [-0.39, 0.29) is 66.4 Å². The van der Waals surface area contributed by atoms with Crippen molar-refractivity contribution >= 4 is 104 Å². The Bertz CT molecular complexity index is 1830. The molecule has 19 heteroatoms. The quantitative estimate of drug-likeness (QED) is 0.0264. The summed E-state index contributed by atoms with van der Waals surface area (Å²) in [7, 11) is 1.26. The molecule has 3 rings (SSSR count). The van der Waals surface area contributed by atoms with Crippen LogP contribution in [0, 0.1) is 0 Å². The minimum absolute atomic E-state index is 0.0656. The fourth-order valence-electron chi connectivity index (χ4n) is 4.40. The highest BCUT2D eigenvalue weighted by Gasteiger charge is 2.25. The molecule has 0 bridgehead atoms. The lowest BCUT2D eigenvalue weighted by Crippen LogP contribution is -2.16. The van der Waals surface area contributed by atoms with Crippen LogP contribution in [0.1, 0.15) is 75.0 Å². The van der Waals surface area contributed by atoms with Crippen LogP contribution in [0.25, 0.3) is 0 Å². The monoisotopic (exact) mass is 960 g/mol. The maximum atomic E-state index is 12.1. The smallest absolute Gasteiger partial charge is 0.341 e. The van der Waals surface area contributed by atoms with Crippen LogP contribution >= 0.6 is 55.4 Å². The van der Waals surface area contributed by atoms with Crippen LogP contribution in [-0.4, -0.2) is 88.7 Å².